The van der Waals surface area contributed by atoms with E-state index in [1.54, 1.807) is 38.1 Å². The van der Waals surface area contributed by atoms with Gasteiger partial charge in [0.05, 0.1) is 44.1 Å². The second kappa shape index (κ2) is 21.9. The van der Waals surface area contributed by atoms with Gasteiger partial charge in [0.15, 0.2) is 0 Å². The van der Waals surface area contributed by atoms with Gasteiger partial charge in [-0.3, -0.25) is 19.2 Å². The third-order valence-corrected chi connectivity index (χ3v) is 12.8. The van der Waals surface area contributed by atoms with Crippen LogP contribution < -0.4 is 26.2 Å². The number of halogens is 3. The van der Waals surface area contributed by atoms with Crippen LogP contribution in [0.1, 0.15) is 81.1 Å². The highest BCUT2D eigenvalue weighted by atomic mass is 19.4. The maximum Gasteiger partial charge on any atom is 0.416 e. The van der Waals surface area contributed by atoms with Crippen molar-refractivity contribution in [2.75, 3.05) is 57.1 Å². The zero-order valence-electron chi connectivity index (χ0n) is 38.3. The Balaban J connectivity index is 1.17. The first-order valence-electron chi connectivity index (χ1n) is 22.1. The molecule has 3 aliphatic heterocycles. The summed E-state index contributed by atoms with van der Waals surface area (Å²) in [6.45, 7) is 3.87. The van der Waals surface area contributed by atoms with Crippen molar-refractivity contribution < 1.29 is 60.9 Å². The fourth-order valence-corrected chi connectivity index (χ4v) is 9.04. The van der Waals surface area contributed by atoms with Crippen LogP contribution in [-0.4, -0.2) is 124 Å². The summed E-state index contributed by atoms with van der Waals surface area (Å²) in [6.07, 6.45) is -4.31. The molecule has 4 N–H and O–H groups in total. The molecule has 3 aromatic rings. The number of amides is 6. The summed E-state index contributed by atoms with van der Waals surface area (Å²) in [4.78, 5) is 83.5. The van der Waals surface area contributed by atoms with Crippen LogP contribution in [0, 0.1) is 0 Å². The van der Waals surface area contributed by atoms with Gasteiger partial charge in [-0.15, -0.1) is 0 Å². The van der Waals surface area contributed by atoms with Crippen molar-refractivity contribution in [2.45, 2.75) is 107 Å². The minimum Gasteiger partial charge on any atom is -0.453 e. The van der Waals surface area contributed by atoms with E-state index in [-0.39, 0.29) is 12.1 Å². The fourth-order valence-electron chi connectivity index (χ4n) is 9.04. The van der Waals surface area contributed by atoms with E-state index in [4.69, 9.17) is 18.9 Å². The second-order valence-electron chi connectivity index (χ2n) is 16.8. The quantitative estimate of drug-likeness (QED) is 0.136. The van der Waals surface area contributed by atoms with Gasteiger partial charge in [-0.25, -0.2) is 9.59 Å². The largest absolute Gasteiger partial charge is 0.453 e. The van der Waals surface area contributed by atoms with Crippen molar-refractivity contribution in [2.24, 2.45) is 0 Å². The van der Waals surface area contributed by atoms with E-state index in [1.165, 1.54) is 50.4 Å². The van der Waals surface area contributed by atoms with E-state index in [9.17, 15) is 41.9 Å². The normalized spacial score (nSPS) is 21.2. The van der Waals surface area contributed by atoms with Gasteiger partial charge in [0, 0.05) is 44.4 Å². The molecule has 17 nitrogen and oxygen atoms in total. The molecule has 0 saturated carbocycles. The Morgan fingerprint density at radius 2 is 0.970 bits per heavy atom. The number of nitrogens with one attached hydrogen (secondary N) is 4. The van der Waals surface area contributed by atoms with Crippen molar-refractivity contribution in [3.63, 3.8) is 0 Å². The molecule has 20 heteroatoms. The van der Waals surface area contributed by atoms with E-state index in [0.29, 0.717) is 68.7 Å². The van der Waals surface area contributed by atoms with Crippen molar-refractivity contribution in [3.05, 3.63) is 89.5 Å². The first-order valence-corrected chi connectivity index (χ1v) is 22.1. The maximum atomic E-state index is 13.7. The summed E-state index contributed by atoms with van der Waals surface area (Å²) in [5, 5.41) is 10.8. The van der Waals surface area contributed by atoms with Gasteiger partial charge in [0.1, 0.15) is 24.2 Å². The highest BCUT2D eigenvalue weighted by Crippen LogP contribution is 2.47. The summed E-state index contributed by atoms with van der Waals surface area (Å²) in [5.74, 6) is -1.76. The molecule has 3 fully saturated rings. The lowest BCUT2D eigenvalue weighted by Crippen LogP contribution is -2.56. The predicted molar refractivity (Wildman–Crippen MR) is 240 cm³/mol. The lowest BCUT2D eigenvalue weighted by atomic mass is 10.0. The van der Waals surface area contributed by atoms with Gasteiger partial charge < -0.3 is 54.9 Å². The number of hydrogen-bond acceptors (Lipinski definition) is 11. The standard InChI is InChI=1S/C47H58F3N7O10/c1-27(64-3)39(53-45(62)66-5)43(60)55-25-7-9-37(55)41(58)51-32-17-11-29(12-18-32)35-23-24-36(57(35)34-21-15-31(16-22-34)47(48,49)50)30-13-19-33(20-14-30)52-42(59)38-10-8-26-56(38)44(61)40(28(2)65-4)54-46(63)67-6/h11-22,27-28,35-40H,7-10,23-26H2,1-6H3,(H,51,58)(H,52,59)(H,53,62)(H,54,63)/t27-,28-,35-,36-,37+,38?,39+,40+/m1/s1. The number of benzene rings is 3. The van der Waals surface area contributed by atoms with Gasteiger partial charge in [-0.2, -0.15) is 13.2 Å². The molecule has 8 atom stereocenters. The third kappa shape index (κ3) is 11.6. The molecule has 3 heterocycles. The highest BCUT2D eigenvalue weighted by Gasteiger charge is 2.42. The van der Waals surface area contributed by atoms with Gasteiger partial charge >= 0.3 is 18.4 Å². The van der Waals surface area contributed by atoms with Crippen molar-refractivity contribution >= 4 is 52.9 Å². The summed E-state index contributed by atoms with van der Waals surface area (Å²) in [5.41, 5.74) is 2.45. The summed E-state index contributed by atoms with van der Waals surface area (Å²) >= 11 is 0. The Morgan fingerprint density at radius 1 is 0.582 bits per heavy atom. The van der Waals surface area contributed by atoms with Crippen molar-refractivity contribution in [1.82, 2.24) is 20.4 Å². The SMILES string of the molecule is COC(=O)N[C@H](C(=O)N1CCCC1C(=O)Nc1ccc([C@H]2CC[C@H](c3ccc(NC(=O)[C@@H]4CCCN4C(=O)[C@@H](NC(=O)OC)[C@@H](C)OC)cc3)N2c2ccc(C(F)(F)F)cc2)cc1)[C@@H](C)OC. The second-order valence-corrected chi connectivity index (χ2v) is 16.8. The number of alkyl halides is 3. The van der Waals surface area contributed by atoms with Crippen molar-refractivity contribution in [1.29, 1.82) is 0 Å². The van der Waals surface area contributed by atoms with Crippen LogP contribution in [0.15, 0.2) is 72.8 Å². The Morgan fingerprint density at radius 3 is 1.31 bits per heavy atom. The van der Waals surface area contributed by atoms with E-state index in [1.807, 2.05) is 24.3 Å². The molecule has 6 rings (SSSR count). The Labute approximate surface area is 387 Å². The van der Waals surface area contributed by atoms with E-state index in [2.05, 4.69) is 26.2 Å². The minimum atomic E-state index is -4.53. The molecule has 0 spiro atoms. The monoisotopic (exact) mass is 937 g/mol. The third-order valence-electron chi connectivity index (χ3n) is 12.8. The molecular formula is C47H58F3N7O10. The van der Waals surface area contributed by atoms with Crippen LogP contribution in [0.3, 0.4) is 0 Å². The smallest absolute Gasteiger partial charge is 0.416 e. The topological polar surface area (TPSA) is 197 Å². The number of nitrogens with zero attached hydrogens (tertiary/aromatic N) is 3. The number of rotatable bonds is 15. The molecule has 3 aliphatic rings. The zero-order chi connectivity index (χ0) is 48.6. The number of carbonyl (C=O) groups is 6. The summed E-state index contributed by atoms with van der Waals surface area (Å²) in [6, 6.07) is 15.1. The number of methoxy groups -OCH3 is 4. The first kappa shape index (κ1) is 50.0. The number of ether oxygens (including phenoxy) is 4. The lowest BCUT2D eigenvalue weighted by Gasteiger charge is -2.34. The van der Waals surface area contributed by atoms with Gasteiger partial charge in [-0.1, -0.05) is 24.3 Å². The molecule has 3 aromatic carbocycles. The number of likely N-dealkylation sites (tertiary alicyclic amines) is 2. The summed E-state index contributed by atoms with van der Waals surface area (Å²) < 4.78 is 61.1. The van der Waals surface area contributed by atoms with E-state index < -0.39 is 83.9 Å². The van der Waals surface area contributed by atoms with E-state index in [0.717, 1.165) is 23.3 Å². The average molecular weight is 938 g/mol. The van der Waals surface area contributed by atoms with Gasteiger partial charge in [0.25, 0.3) is 0 Å². The summed E-state index contributed by atoms with van der Waals surface area (Å²) in [7, 11) is 5.18. The highest BCUT2D eigenvalue weighted by molar-refractivity contribution is 6.00. The number of hydrogen-bond donors (Lipinski definition) is 4. The Kier molecular flexibility index (Phi) is 16.4. The minimum absolute atomic E-state index is 0.278. The maximum absolute atomic E-state index is 13.7. The number of carbonyl (C=O) groups excluding carboxylic acids is 6. The van der Waals surface area contributed by atoms with Gasteiger partial charge in [-0.05, 0) is 112 Å². The number of anilines is 3. The number of alkyl carbamates (subject to hydrolysis) is 2. The molecule has 67 heavy (non-hydrogen) atoms. The van der Waals surface area contributed by atoms with Crippen LogP contribution in [0.4, 0.5) is 39.8 Å². The predicted octanol–water partition coefficient (Wildman–Crippen LogP) is 6.17. The van der Waals surface area contributed by atoms with Crippen LogP contribution in [0.5, 0.6) is 0 Å². The average Bonchev–Trinajstić information content (AvgIpc) is 4.13. The molecule has 6 amide bonds. The van der Waals surface area contributed by atoms with Crippen LogP contribution in [-0.2, 0) is 44.3 Å². The zero-order valence-corrected chi connectivity index (χ0v) is 38.3. The Bertz CT molecular complexity index is 2100. The first-order chi connectivity index (χ1) is 32.0. The fraction of sp³-hybridized carbons (Fsp3) is 0.489. The van der Waals surface area contributed by atoms with Crippen molar-refractivity contribution in [3.8, 4) is 0 Å². The Hall–Kier alpha value is -6.41. The molecule has 3 saturated heterocycles. The van der Waals surface area contributed by atoms with Gasteiger partial charge in [0.2, 0.25) is 23.6 Å². The van der Waals surface area contributed by atoms with Crippen LogP contribution >= 0.6 is 0 Å². The lowest BCUT2D eigenvalue weighted by molar-refractivity contribution is -0.141. The molecule has 362 valence electrons. The molecule has 0 aromatic heterocycles. The molecular weight excluding hydrogens is 880 g/mol. The molecule has 0 bridgehead atoms. The molecule has 0 aliphatic carbocycles. The molecule has 0 radical (unpaired) electrons. The van der Waals surface area contributed by atoms with Crippen LogP contribution in [0.2, 0.25) is 0 Å². The van der Waals surface area contributed by atoms with E-state index >= 15 is 0 Å². The van der Waals surface area contributed by atoms with Crippen LogP contribution in [0.25, 0.3) is 0 Å². The molecule has 1 unspecified atom stereocenters.